The molecular formula is C9H14BrNO2S. The molecule has 0 aliphatic rings. The third-order valence-electron chi connectivity index (χ3n) is 2.03. The van der Waals surface area contributed by atoms with E-state index in [0.717, 1.165) is 10.0 Å². The van der Waals surface area contributed by atoms with Crippen molar-refractivity contribution in [1.29, 1.82) is 0 Å². The summed E-state index contributed by atoms with van der Waals surface area (Å²) < 4.78 is 11.5. The van der Waals surface area contributed by atoms with Crippen molar-refractivity contribution >= 4 is 27.3 Å². The lowest BCUT2D eigenvalue weighted by atomic mass is 10.1. The van der Waals surface area contributed by atoms with Crippen LogP contribution in [0.2, 0.25) is 0 Å². The molecule has 0 aliphatic heterocycles. The molecule has 1 rings (SSSR count). The fraction of sp³-hybridized carbons (Fsp3) is 0.556. The van der Waals surface area contributed by atoms with E-state index in [4.69, 9.17) is 9.47 Å². The number of nitrogens with one attached hydrogen (secondary N) is 1. The van der Waals surface area contributed by atoms with Gasteiger partial charge in [-0.05, 0) is 33.9 Å². The fourth-order valence-electron chi connectivity index (χ4n) is 1.32. The average molecular weight is 280 g/mol. The van der Waals surface area contributed by atoms with E-state index in [2.05, 4.69) is 26.6 Å². The second-order valence-corrected chi connectivity index (χ2v) is 4.38. The van der Waals surface area contributed by atoms with Crippen molar-refractivity contribution in [3.05, 3.63) is 20.8 Å². The molecule has 0 aliphatic carbocycles. The molecule has 0 radical (unpaired) electrons. The van der Waals surface area contributed by atoms with Crippen molar-refractivity contribution in [2.75, 3.05) is 21.3 Å². The minimum absolute atomic E-state index is 0.0469. The number of rotatable bonds is 5. The van der Waals surface area contributed by atoms with Gasteiger partial charge in [0.05, 0.1) is 6.04 Å². The van der Waals surface area contributed by atoms with Gasteiger partial charge in [-0.3, -0.25) is 0 Å². The molecule has 0 saturated heterocycles. The van der Waals surface area contributed by atoms with Crippen LogP contribution in [0.3, 0.4) is 0 Å². The van der Waals surface area contributed by atoms with Crippen LogP contribution in [0.4, 0.5) is 0 Å². The summed E-state index contributed by atoms with van der Waals surface area (Å²) in [6.07, 6.45) is -0.272. The summed E-state index contributed by atoms with van der Waals surface area (Å²) in [7, 11) is 5.16. The number of likely N-dealkylation sites (N-methyl/N-ethyl adjacent to an activating group) is 1. The highest BCUT2D eigenvalue weighted by Crippen LogP contribution is 2.30. The lowest BCUT2D eigenvalue weighted by molar-refractivity contribution is -0.123. The summed E-state index contributed by atoms with van der Waals surface area (Å²) in [5.41, 5.74) is 1.16. The second-order valence-electron chi connectivity index (χ2n) is 2.78. The number of hydrogen-bond acceptors (Lipinski definition) is 4. The van der Waals surface area contributed by atoms with Gasteiger partial charge >= 0.3 is 0 Å². The van der Waals surface area contributed by atoms with Gasteiger partial charge in [0.2, 0.25) is 0 Å². The van der Waals surface area contributed by atoms with E-state index in [1.54, 1.807) is 25.6 Å². The lowest BCUT2D eigenvalue weighted by Gasteiger charge is -2.24. The molecule has 1 heterocycles. The normalized spacial score (nSPS) is 13.5. The minimum atomic E-state index is -0.272. The Morgan fingerprint density at radius 2 is 2.00 bits per heavy atom. The first-order chi connectivity index (χ1) is 6.74. The molecule has 0 aromatic carbocycles. The Labute approximate surface area is 96.5 Å². The fourth-order valence-corrected chi connectivity index (χ4v) is 2.90. The van der Waals surface area contributed by atoms with E-state index in [-0.39, 0.29) is 12.3 Å². The number of thiophene rings is 1. The minimum Gasteiger partial charge on any atom is -0.354 e. The Kier molecular flexibility index (Phi) is 5.05. The van der Waals surface area contributed by atoms with Crippen LogP contribution < -0.4 is 5.32 Å². The summed E-state index contributed by atoms with van der Waals surface area (Å²) in [5.74, 6) is 0. The van der Waals surface area contributed by atoms with Crippen LogP contribution in [0.25, 0.3) is 0 Å². The van der Waals surface area contributed by atoms with Gasteiger partial charge in [0.25, 0.3) is 0 Å². The molecule has 3 nitrogen and oxygen atoms in total. The van der Waals surface area contributed by atoms with Crippen molar-refractivity contribution in [2.24, 2.45) is 0 Å². The molecule has 0 fully saturated rings. The van der Waals surface area contributed by atoms with E-state index in [9.17, 15) is 0 Å². The molecule has 1 aromatic heterocycles. The average Bonchev–Trinajstić information content (AvgIpc) is 2.61. The maximum Gasteiger partial charge on any atom is 0.176 e. The molecule has 0 spiro atoms. The molecule has 1 aromatic rings. The van der Waals surface area contributed by atoms with Crippen LogP contribution in [-0.2, 0) is 9.47 Å². The van der Waals surface area contributed by atoms with Gasteiger partial charge < -0.3 is 14.8 Å². The first-order valence-corrected chi connectivity index (χ1v) is 5.92. The molecule has 1 atom stereocenters. The van der Waals surface area contributed by atoms with Gasteiger partial charge in [0, 0.05) is 24.1 Å². The topological polar surface area (TPSA) is 30.5 Å². The highest BCUT2D eigenvalue weighted by molar-refractivity contribution is 9.10. The highest BCUT2D eigenvalue weighted by Gasteiger charge is 2.23. The van der Waals surface area contributed by atoms with Gasteiger partial charge in [-0.15, -0.1) is 0 Å². The van der Waals surface area contributed by atoms with E-state index in [1.807, 2.05) is 12.4 Å². The molecule has 5 heteroatoms. The van der Waals surface area contributed by atoms with Crippen molar-refractivity contribution in [3.8, 4) is 0 Å². The quantitative estimate of drug-likeness (QED) is 0.840. The van der Waals surface area contributed by atoms with E-state index >= 15 is 0 Å². The molecule has 0 amide bonds. The Hall–Kier alpha value is 0.0600. The van der Waals surface area contributed by atoms with E-state index in [1.165, 1.54) is 0 Å². The molecule has 0 bridgehead atoms. The number of hydrogen-bond donors (Lipinski definition) is 1. The van der Waals surface area contributed by atoms with Gasteiger partial charge in [0.1, 0.15) is 0 Å². The summed E-state index contributed by atoms with van der Waals surface area (Å²) in [4.78, 5) is 0. The summed E-state index contributed by atoms with van der Waals surface area (Å²) >= 11 is 5.14. The van der Waals surface area contributed by atoms with Crippen LogP contribution in [-0.4, -0.2) is 27.6 Å². The zero-order valence-electron chi connectivity index (χ0n) is 8.41. The Bertz CT molecular complexity index is 276. The summed E-state index contributed by atoms with van der Waals surface area (Å²) in [6.45, 7) is 0. The molecule has 14 heavy (non-hydrogen) atoms. The monoisotopic (exact) mass is 279 g/mol. The molecule has 1 unspecified atom stereocenters. The smallest absolute Gasteiger partial charge is 0.176 e. The third kappa shape index (κ3) is 2.55. The number of halogens is 1. The first-order valence-electron chi connectivity index (χ1n) is 4.19. The van der Waals surface area contributed by atoms with E-state index < -0.39 is 0 Å². The second kappa shape index (κ2) is 5.82. The van der Waals surface area contributed by atoms with Crippen molar-refractivity contribution in [2.45, 2.75) is 12.3 Å². The Morgan fingerprint density at radius 3 is 2.36 bits per heavy atom. The predicted octanol–water partition coefficient (Wildman–Crippen LogP) is 2.39. The van der Waals surface area contributed by atoms with E-state index in [0.29, 0.717) is 0 Å². The molecule has 0 saturated carbocycles. The summed E-state index contributed by atoms with van der Waals surface area (Å²) in [6, 6.07) is 0.0469. The Morgan fingerprint density at radius 1 is 1.36 bits per heavy atom. The number of ether oxygens (including phenoxy) is 2. The van der Waals surface area contributed by atoms with Crippen molar-refractivity contribution in [3.63, 3.8) is 0 Å². The maximum atomic E-state index is 5.23. The SMILES string of the molecule is CNC(c1cscc1Br)C(OC)OC. The zero-order valence-corrected chi connectivity index (χ0v) is 10.8. The van der Waals surface area contributed by atoms with Gasteiger partial charge in [-0.2, -0.15) is 11.3 Å². The highest BCUT2D eigenvalue weighted by atomic mass is 79.9. The van der Waals surface area contributed by atoms with Crippen molar-refractivity contribution < 1.29 is 9.47 Å². The summed E-state index contributed by atoms with van der Waals surface area (Å²) in [5, 5.41) is 7.30. The lowest BCUT2D eigenvalue weighted by Crippen LogP contribution is -2.32. The predicted molar refractivity (Wildman–Crippen MR) is 61.6 cm³/mol. The van der Waals surface area contributed by atoms with Crippen LogP contribution in [0, 0.1) is 0 Å². The Balaban J connectivity index is 2.86. The largest absolute Gasteiger partial charge is 0.354 e. The number of methoxy groups -OCH3 is 2. The first kappa shape index (κ1) is 12.1. The van der Waals surface area contributed by atoms with Crippen LogP contribution >= 0.6 is 27.3 Å². The third-order valence-corrected chi connectivity index (χ3v) is 3.78. The van der Waals surface area contributed by atoms with Gasteiger partial charge in [-0.1, -0.05) is 0 Å². The van der Waals surface area contributed by atoms with Crippen molar-refractivity contribution in [1.82, 2.24) is 5.32 Å². The van der Waals surface area contributed by atoms with Crippen LogP contribution in [0.1, 0.15) is 11.6 Å². The van der Waals surface area contributed by atoms with Crippen LogP contribution in [0.15, 0.2) is 15.2 Å². The molecule has 1 N–H and O–H groups in total. The molecule has 80 valence electrons. The molecular weight excluding hydrogens is 266 g/mol. The standard InChI is InChI=1S/C9H14BrNO2S/c1-11-8(9(12-2)13-3)6-4-14-5-7(6)10/h4-5,8-9,11H,1-3H3. The van der Waals surface area contributed by atoms with Crippen LogP contribution in [0.5, 0.6) is 0 Å². The van der Waals surface area contributed by atoms with Gasteiger partial charge in [0.15, 0.2) is 6.29 Å². The maximum absolute atomic E-state index is 5.23. The zero-order chi connectivity index (χ0) is 10.6. The van der Waals surface area contributed by atoms with Gasteiger partial charge in [-0.25, -0.2) is 0 Å².